The Labute approximate surface area is 302 Å². The zero-order valence-electron chi connectivity index (χ0n) is 26.5. The van der Waals surface area contributed by atoms with Crippen molar-refractivity contribution < 1.29 is 57.9 Å². The van der Waals surface area contributed by atoms with Crippen LogP contribution in [-0.4, -0.2) is 50.0 Å². The Kier molecular flexibility index (Phi) is 11.0. The number of aliphatic carboxylic acids is 1. The van der Waals surface area contributed by atoms with Crippen LogP contribution in [0.1, 0.15) is 40.2 Å². The van der Waals surface area contributed by atoms with Gasteiger partial charge >= 0.3 is 18.3 Å². The standard InChI is InChI=1S/C31H24ClF3N4O5S2.C2HF3O2/c32-24-6-2-1-5-22(24)21-14-13-20(16-23(21)31(33,34)35)45(41,42)38-27(30-36-25-7-3-4-8-26(25)37-30)15-18-9-11-19(12-10-18)28-17-29(40)39-46(28,43)44;3-2(4,5)1(6)7/h1-14,16,27-28,38H,15,17H2,(H,36,37)(H,39,40);(H,6,7)/t27-,28?;/m0./s1. The molecule has 5 aromatic rings. The molecule has 20 heteroatoms. The van der Waals surface area contributed by atoms with Gasteiger partial charge < -0.3 is 10.1 Å². The number of amides is 1. The van der Waals surface area contributed by atoms with Crippen LogP contribution in [0.15, 0.2) is 95.9 Å². The predicted octanol–water partition coefficient (Wildman–Crippen LogP) is 6.69. The molecule has 2 heterocycles. The summed E-state index contributed by atoms with van der Waals surface area (Å²) in [5, 5.41) is 6.14. The molecule has 0 saturated carbocycles. The molecule has 6 rings (SSSR count). The molecule has 1 saturated heterocycles. The van der Waals surface area contributed by atoms with E-state index in [-0.39, 0.29) is 34.8 Å². The molecule has 11 nitrogen and oxygen atoms in total. The second-order valence-electron chi connectivity index (χ2n) is 11.5. The summed E-state index contributed by atoms with van der Waals surface area (Å²) in [4.78, 5) is 27.6. The van der Waals surface area contributed by atoms with E-state index in [4.69, 9.17) is 21.5 Å². The second-order valence-corrected chi connectivity index (χ2v) is 15.5. The van der Waals surface area contributed by atoms with Crippen molar-refractivity contribution in [3.8, 4) is 11.1 Å². The minimum Gasteiger partial charge on any atom is -0.475 e. The largest absolute Gasteiger partial charge is 0.490 e. The highest BCUT2D eigenvalue weighted by atomic mass is 35.5. The third-order valence-corrected chi connectivity index (χ3v) is 11.3. The number of H-pyrrole nitrogens is 1. The number of halogens is 7. The average Bonchev–Trinajstić information content (AvgIpc) is 3.63. The monoisotopic (exact) mass is 802 g/mol. The molecule has 1 aliphatic heterocycles. The van der Waals surface area contributed by atoms with Crippen LogP contribution in [-0.2, 0) is 42.2 Å². The van der Waals surface area contributed by atoms with Gasteiger partial charge in [0.05, 0.1) is 34.0 Å². The van der Waals surface area contributed by atoms with Crippen molar-refractivity contribution in [2.45, 2.75) is 41.4 Å². The summed E-state index contributed by atoms with van der Waals surface area (Å²) in [7, 11) is -8.44. The van der Waals surface area contributed by atoms with E-state index in [1.165, 1.54) is 30.3 Å². The molecule has 1 aliphatic rings. The van der Waals surface area contributed by atoms with Crippen molar-refractivity contribution in [3.05, 3.63) is 119 Å². The molecule has 0 bridgehead atoms. The number of sulfonamides is 2. The Balaban J connectivity index is 0.000000705. The topological polar surface area (TPSA) is 175 Å². The Morgan fingerprint density at radius 1 is 0.943 bits per heavy atom. The molecule has 0 aliphatic carbocycles. The Bertz CT molecular complexity index is 2370. The maximum atomic E-state index is 14.2. The zero-order chi connectivity index (χ0) is 38.9. The van der Waals surface area contributed by atoms with Crippen molar-refractivity contribution in [3.63, 3.8) is 0 Å². The fourth-order valence-corrected chi connectivity index (χ4v) is 8.27. The first-order chi connectivity index (χ1) is 24.7. The number of hydrogen-bond donors (Lipinski definition) is 4. The van der Waals surface area contributed by atoms with Crippen LogP contribution in [0, 0.1) is 0 Å². The molecule has 4 N–H and O–H groups in total. The van der Waals surface area contributed by atoms with E-state index in [2.05, 4.69) is 14.7 Å². The van der Waals surface area contributed by atoms with Gasteiger partial charge in [0.2, 0.25) is 26.0 Å². The highest BCUT2D eigenvalue weighted by Gasteiger charge is 2.39. The molecule has 4 aromatic carbocycles. The first kappa shape index (κ1) is 39.2. The summed E-state index contributed by atoms with van der Waals surface area (Å²) in [6.07, 6.45) is -10.2. The molecule has 1 amide bonds. The van der Waals surface area contributed by atoms with Gasteiger partial charge in [0.25, 0.3) is 0 Å². The number of carboxylic acid groups (broad SMARTS) is 1. The SMILES string of the molecule is O=C(O)C(F)(F)F.O=C1CC(c2ccc(C[C@H](NS(=O)(=O)c3ccc(-c4ccccc4Cl)c(C(F)(F)F)c3)c3nc4ccccc4[nH]3)cc2)S(=O)(=O)N1. The summed E-state index contributed by atoms with van der Waals surface area (Å²) in [6, 6.07) is 20.8. The molecular weight excluding hydrogens is 778 g/mol. The van der Waals surface area contributed by atoms with Gasteiger partial charge in [0.1, 0.15) is 11.1 Å². The number of para-hydroxylation sites is 2. The number of aromatic amines is 1. The molecule has 0 spiro atoms. The molecule has 1 unspecified atom stereocenters. The number of nitrogens with one attached hydrogen (secondary N) is 3. The first-order valence-electron chi connectivity index (χ1n) is 15.0. The van der Waals surface area contributed by atoms with E-state index >= 15 is 0 Å². The van der Waals surface area contributed by atoms with Gasteiger partial charge in [-0.05, 0) is 53.4 Å². The molecule has 0 radical (unpaired) electrons. The average molecular weight is 803 g/mol. The lowest BCUT2D eigenvalue weighted by Crippen LogP contribution is -2.31. The van der Waals surface area contributed by atoms with Gasteiger partial charge in [0, 0.05) is 10.6 Å². The second kappa shape index (κ2) is 14.8. The minimum atomic E-state index is -5.08. The van der Waals surface area contributed by atoms with E-state index in [1.54, 1.807) is 42.5 Å². The van der Waals surface area contributed by atoms with Gasteiger partial charge in [0.15, 0.2) is 0 Å². The lowest BCUT2D eigenvalue weighted by atomic mass is 9.99. The number of hydrogen-bond acceptors (Lipinski definition) is 7. The predicted molar refractivity (Wildman–Crippen MR) is 179 cm³/mol. The molecule has 1 fully saturated rings. The van der Waals surface area contributed by atoms with E-state index in [0.717, 1.165) is 12.1 Å². The van der Waals surface area contributed by atoms with E-state index in [0.29, 0.717) is 28.2 Å². The highest BCUT2D eigenvalue weighted by Crippen LogP contribution is 2.41. The van der Waals surface area contributed by atoms with Crippen LogP contribution >= 0.6 is 11.6 Å². The lowest BCUT2D eigenvalue weighted by molar-refractivity contribution is -0.192. The highest BCUT2D eigenvalue weighted by molar-refractivity contribution is 7.90. The van der Waals surface area contributed by atoms with Crippen LogP contribution < -0.4 is 9.44 Å². The Morgan fingerprint density at radius 2 is 1.57 bits per heavy atom. The quantitative estimate of drug-likeness (QED) is 0.126. The number of nitrogens with zero attached hydrogens (tertiary/aromatic N) is 1. The van der Waals surface area contributed by atoms with Gasteiger partial charge in [-0.1, -0.05) is 72.3 Å². The number of alkyl halides is 6. The Hall–Kier alpha value is -4.98. The molecule has 280 valence electrons. The number of benzene rings is 4. The summed E-state index contributed by atoms with van der Waals surface area (Å²) >= 11 is 6.17. The van der Waals surface area contributed by atoms with E-state index < -0.39 is 66.0 Å². The summed E-state index contributed by atoms with van der Waals surface area (Å²) in [5.74, 6) is -3.15. The minimum absolute atomic E-state index is 0.00222. The number of rotatable bonds is 8. The van der Waals surface area contributed by atoms with Crippen molar-refractivity contribution >= 4 is 54.6 Å². The fourth-order valence-electron chi connectivity index (χ4n) is 5.38. The van der Waals surface area contributed by atoms with Crippen molar-refractivity contribution in [1.82, 2.24) is 19.4 Å². The number of fused-ring (bicyclic) bond motifs is 1. The zero-order valence-corrected chi connectivity index (χ0v) is 28.9. The number of carbonyl (C=O) groups is 2. The third-order valence-electron chi connectivity index (χ3n) is 7.84. The maximum Gasteiger partial charge on any atom is 0.490 e. The molecular formula is C33H25ClF6N4O7S2. The van der Waals surface area contributed by atoms with Gasteiger partial charge in [-0.25, -0.2) is 31.3 Å². The fraction of sp³-hybridized carbons (Fsp3) is 0.182. The summed E-state index contributed by atoms with van der Waals surface area (Å²) in [6.45, 7) is 0. The third kappa shape index (κ3) is 9.16. The number of carboxylic acids is 1. The lowest BCUT2D eigenvalue weighted by Gasteiger charge is -2.19. The smallest absolute Gasteiger partial charge is 0.475 e. The van der Waals surface area contributed by atoms with Crippen molar-refractivity contribution in [2.24, 2.45) is 0 Å². The van der Waals surface area contributed by atoms with Gasteiger partial charge in [-0.3, -0.25) is 9.52 Å². The van der Waals surface area contributed by atoms with Gasteiger partial charge in [-0.2, -0.15) is 26.3 Å². The van der Waals surface area contributed by atoms with Crippen LogP contribution in [0.25, 0.3) is 22.2 Å². The molecule has 53 heavy (non-hydrogen) atoms. The van der Waals surface area contributed by atoms with Gasteiger partial charge in [-0.15, -0.1) is 0 Å². The van der Waals surface area contributed by atoms with Crippen LogP contribution in [0.3, 0.4) is 0 Å². The molecule has 1 aromatic heterocycles. The normalized spacial score (nSPS) is 16.4. The van der Waals surface area contributed by atoms with Crippen LogP contribution in [0.5, 0.6) is 0 Å². The first-order valence-corrected chi connectivity index (χ1v) is 18.4. The number of aromatic nitrogens is 2. The van der Waals surface area contributed by atoms with Crippen molar-refractivity contribution in [2.75, 3.05) is 0 Å². The van der Waals surface area contributed by atoms with E-state index in [9.17, 15) is 48.0 Å². The number of imidazole rings is 1. The Morgan fingerprint density at radius 3 is 2.13 bits per heavy atom. The maximum absolute atomic E-state index is 14.2. The van der Waals surface area contributed by atoms with Crippen LogP contribution in [0.2, 0.25) is 5.02 Å². The van der Waals surface area contributed by atoms with Crippen LogP contribution in [0.4, 0.5) is 26.3 Å². The summed E-state index contributed by atoms with van der Waals surface area (Å²) < 4.78 is 131. The summed E-state index contributed by atoms with van der Waals surface area (Å²) in [5.41, 5.74) is 0.759. The van der Waals surface area contributed by atoms with Crippen molar-refractivity contribution in [1.29, 1.82) is 0 Å². The number of carbonyl (C=O) groups excluding carboxylic acids is 1. The molecule has 2 atom stereocenters. The van der Waals surface area contributed by atoms with E-state index in [1.807, 2.05) is 4.72 Å².